The number of aromatic nitrogens is 3. The molecule has 1 saturated heterocycles. The standard InChI is InChI=1S/C16H20FN5O/c17-14-5-3-12(4-6-14)16(23)19-8-9-22-11-15(20-21-22)13-2-1-7-18-10-13/h3-6,11,13,18H,1-2,7-10H2,(H,19,23)/t13-/m0/s1. The number of carbonyl (C=O) groups is 1. The van der Waals surface area contributed by atoms with E-state index in [4.69, 9.17) is 0 Å². The molecular formula is C16H20FN5O. The number of piperidine rings is 1. The summed E-state index contributed by atoms with van der Waals surface area (Å²) in [4.78, 5) is 11.9. The molecule has 1 aliphatic heterocycles. The molecule has 1 amide bonds. The predicted molar refractivity (Wildman–Crippen MR) is 83.6 cm³/mol. The summed E-state index contributed by atoms with van der Waals surface area (Å²) in [6, 6.07) is 5.48. The maximum atomic E-state index is 12.8. The number of halogens is 1. The predicted octanol–water partition coefficient (Wildman–Crippen LogP) is 1.31. The fraction of sp³-hybridized carbons (Fsp3) is 0.438. The molecule has 2 heterocycles. The van der Waals surface area contributed by atoms with Gasteiger partial charge in [0.2, 0.25) is 0 Å². The van der Waals surface area contributed by atoms with Crippen molar-refractivity contribution in [3.63, 3.8) is 0 Å². The molecule has 1 fully saturated rings. The number of benzene rings is 1. The maximum Gasteiger partial charge on any atom is 0.251 e. The van der Waals surface area contributed by atoms with Gasteiger partial charge >= 0.3 is 0 Å². The van der Waals surface area contributed by atoms with Gasteiger partial charge in [0.25, 0.3) is 5.91 Å². The first kappa shape index (κ1) is 15.6. The van der Waals surface area contributed by atoms with Crippen molar-refractivity contribution < 1.29 is 9.18 Å². The first-order valence-corrected chi connectivity index (χ1v) is 7.87. The Balaban J connectivity index is 1.48. The molecular weight excluding hydrogens is 297 g/mol. The lowest BCUT2D eigenvalue weighted by Crippen LogP contribution is -2.28. The van der Waals surface area contributed by atoms with Crippen LogP contribution in [0.1, 0.15) is 34.8 Å². The molecule has 2 N–H and O–H groups in total. The van der Waals surface area contributed by atoms with Crippen LogP contribution in [0.4, 0.5) is 4.39 Å². The Morgan fingerprint density at radius 1 is 1.39 bits per heavy atom. The molecule has 6 nitrogen and oxygen atoms in total. The van der Waals surface area contributed by atoms with E-state index in [2.05, 4.69) is 20.9 Å². The minimum Gasteiger partial charge on any atom is -0.350 e. The van der Waals surface area contributed by atoms with E-state index in [0.717, 1.165) is 31.6 Å². The molecule has 0 unspecified atom stereocenters. The summed E-state index contributed by atoms with van der Waals surface area (Å²) >= 11 is 0. The van der Waals surface area contributed by atoms with E-state index in [1.807, 2.05) is 6.20 Å². The van der Waals surface area contributed by atoms with Crippen molar-refractivity contribution in [3.8, 4) is 0 Å². The Morgan fingerprint density at radius 2 is 2.22 bits per heavy atom. The number of rotatable bonds is 5. The second-order valence-electron chi connectivity index (χ2n) is 5.71. The fourth-order valence-electron chi connectivity index (χ4n) is 2.70. The van der Waals surface area contributed by atoms with Crippen LogP contribution in [0.5, 0.6) is 0 Å². The molecule has 0 saturated carbocycles. The van der Waals surface area contributed by atoms with Crippen LogP contribution in [0.2, 0.25) is 0 Å². The fourth-order valence-corrected chi connectivity index (χ4v) is 2.70. The van der Waals surface area contributed by atoms with Gasteiger partial charge < -0.3 is 10.6 Å². The van der Waals surface area contributed by atoms with Crippen molar-refractivity contribution in [2.75, 3.05) is 19.6 Å². The average molecular weight is 317 g/mol. The van der Waals surface area contributed by atoms with Gasteiger partial charge in [0.1, 0.15) is 5.82 Å². The maximum absolute atomic E-state index is 12.8. The molecule has 1 aliphatic rings. The average Bonchev–Trinajstić information content (AvgIpc) is 3.05. The molecule has 0 radical (unpaired) electrons. The highest BCUT2D eigenvalue weighted by Gasteiger charge is 2.18. The van der Waals surface area contributed by atoms with Gasteiger partial charge in [0, 0.05) is 30.8 Å². The van der Waals surface area contributed by atoms with E-state index in [0.29, 0.717) is 24.6 Å². The lowest BCUT2D eigenvalue weighted by Gasteiger charge is -2.20. The summed E-state index contributed by atoms with van der Waals surface area (Å²) in [6.45, 7) is 3.02. The lowest BCUT2D eigenvalue weighted by molar-refractivity contribution is 0.0952. The van der Waals surface area contributed by atoms with Gasteiger partial charge in [-0.15, -0.1) is 5.10 Å². The molecule has 2 aromatic rings. The number of nitrogens with one attached hydrogen (secondary N) is 2. The topological polar surface area (TPSA) is 71.8 Å². The van der Waals surface area contributed by atoms with Crippen LogP contribution in [-0.2, 0) is 6.54 Å². The second kappa shape index (κ2) is 7.32. The van der Waals surface area contributed by atoms with E-state index < -0.39 is 0 Å². The first-order chi connectivity index (χ1) is 11.2. The van der Waals surface area contributed by atoms with Gasteiger partial charge in [-0.1, -0.05) is 5.21 Å². The third kappa shape index (κ3) is 4.13. The normalized spacial score (nSPS) is 17.9. The molecule has 23 heavy (non-hydrogen) atoms. The van der Waals surface area contributed by atoms with Crippen LogP contribution < -0.4 is 10.6 Å². The number of carbonyl (C=O) groups excluding carboxylic acids is 1. The van der Waals surface area contributed by atoms with E-state index in [9.17, 15) is 9.18 Å². The van der Waals surface area contributed by atoms with Crippen molar-refractivity contribution in [2.24, 2.45) is 0 Å². The monoisotopic (exact) mass is 317 g/mol. The number of amides is 1. The molecule has 7 heteroatoms. The Kier molecular flexibility index (Phi) is 4.97. The summed E-state index contributed by atoms with van der Waals surface area (Å²) in [7, 11) is 0. The smallest absolute Gasteiger partial charge is 0.251 e. The Labute approximate surface area is 134 Å². The number of hydrogen-bond acceptors (Lipinski definition) is 4. The third-order valence-corrected chi connectivity index (χ3v) is 4.00. The zero-order chi connectivity index (χ0) is 16.1. The lowest BCUT2D eigenvalue weighted by atomic mass is 9.97. The van der Waals surface area contributed by atoms with E-state index >= 15 is 0 Å². The van der Waals surface area contributed by atoms with Crippen molar-refractivity contribution in [3.05, 3.63) is 47.5 Å². The Bertz CT molecular complexity index is 649. The van der Waals surface area contributed by atoms with E-state index in [1.165, 1.54) is 24.3 Å². The highest BCUT2D eigenvalue weighted by atomic mass is 19.1. The highest BCUT2D eigenvalue weighted by molar-refractivity contribution is 5.94. The molecule has 1 atom stereocenters. The van der Waals surface area contributed by atoms with Crippen LogP contribution >= 0.6 is 0 Å². The number of hydrogen-bond donors (Lipinski definition) is 2. The van der Waals surface area contributed by atoms with Gasteiger partial charge in [-0.2, -0.15) is 0 Å². The molecule has 1 aromatic carbocycles. The zero-order valence-corrected chi connectivity index (χ0v) is 12.8. The molecule has 122 valence electrons. The molecule has 0 spiro atoms. The summed E-state index contributed by atoms with van der Waals surface area (Å²) < 4.78 is 14.6. The van der Waals surface area contributed by atoms with E-state index in [1.54, 1.807) is 4.68 Å². The van der Waals surface area contributed by atoms with Crippen LogP contribution in [0.15, 0.2) is 30.5 Å². The van der Waals surface area contributed by atoms with Crippen molar-refractivity contribution in [1.29, 1.82) is 0 Å². The van der Waals surface area contributed by atoms with Crippen LogP contribution in [0.25, 0.3) is 0 Å². The largest absolute Gasteiger partial charge is 0.350 e. The van der Waals surface area contributed by atoms with Gasteiger partial charge in [0.15, 0.2) is 0 Å². The van der Waals surface area contributed by atoms with Crippen LogP contribution in [0.3, 0.4) is 0 Å². The first-order valence-electron chi connectivity index (χ1n) is 7.87. The minimum absolute atomic E-state index is 0.221. The van der Waals surface area contributed by atoms with Crippen molar-refractivity contribution in [2.45, 2.75) is 25.3 Å². The summed E-state index contributed by atoms with van der Waals surface area (Å²) in [5, 5.41) is 14.5. The highest BCUT2D eigenvalue weighted by Crippen LogP contribution is 2.20. The Hall–Kier alpha value is -2.28. The molecule has 1 aromatic heterocycles. The number of nitrogens with zero attached hydrogens (tertiary/aromatic N) is 3. The van der Waals surface area contributed by atoms with Crippen molar-refractivity contribution >= 4 is 5.91 Å². The van der Waals surface area contributed by atoms with Gasteiger partial charge in [0.05, 0.1) is 12.2 Å². The third-order valence-electron chi connectivity index (χ3n) is 4.00. The summed E-state index contributed by atoms with van der Waals surface area (Å²) in [5.74, 6) is -0.151. The van der Waals surface area contributed by atoms with E-state index in [-0.39, 0.29) is 11.7 Å². The zero-order valence-electron chi connectivity index (χ0n) is 12.8. The van der Waals surface area contributed by atoms with Crippen LogP contribution in [0, 0.1) is 5.82 Å². The quantitative estimate of drug-likeness (QED) is 0.872. The summed E-state index contributed by atoms with van der Waals surface area (Å²) in [6.07, 6.45) is 4.24. The molecule has 3 rings (SSSR count). The van der Waals surface area contributed by atoms with Gasteiger partial charge in [-0.25, -0.2) is 4.39 Å². The molecule has 0 aliphatic carbocycles. The Morgan fingerprint density at radius 3 is 2.96 bits per heavy atom. The summed E-state index contributed by atoms with van der Waals surface area (Å²) in [5.41, 5.74) is 1.45. The van der Waals surface area contributed by atoms with Crippen LogP contribution in [-0.4, -0.2) is 40.5 Å². The van der Waals surface area contributed by atoms with Gasteiger partial charge in [-0.05, 0) is 43.7 Å². The van der Waals surface area contributed by atoms with Crippen molar-refractivity contribution in [1.82, 2.24) is 25.6 Å². The molecule has 0 bridgehead atoms. The van der Waals surface area contributed by atoms with Gasteiger partial charge in [-0.3, -0.25) is 9.48 Å². The second-order valence-corrected chi connectivity index (χ2v) is 5.71. The minimum atomic E-state index is -0.353. The SMILES string of the molecule is O=C(NCCn1cc([C@H]2CCCNC2)nn1)c1ccc(F)cc1.